The summed E-state index contributed by atoms with van der Waals surface area (Å²) in [6.07, 6.45) is 3.39. The highest BCUT2D eigenvalue weighted by molar-refractivity contribution is 5.96. The summed E-state index contributed by atoms with van der Waals surface area (Å²) in [5.41, 5.74) is 4.39. The van der Waals surface area contributed by atoms with Crippen molar-refractivity contribution in [3.63, 3.8) is 0 Å². The standard InChI is InChI=1S/C19H25N3O/c1-12(2)17-16(10-20-11-21-17)14-7-13(3)8-15(9-14)18(23)22-19(4,5)6/h7-12H,1-6H3,(H,22,23). The van der Waals surface area contributed by atoms with Gasteiger partial charge in [-0.1, -0.05) is 19.9 Å². The van der Waals surface area contributed by atoms with Crippen molar-refractivity contribution >= 4 is 5.91 Å². The monoisotopic (exact) mass is 311 g/mol. The molecule has 0 atom stereocenters. The number of nitrogens with zero attached hydrogens (tertiary/aromatic N) is 2. The number of aromatic nitrogens is 2. The van der Waals surface area contributed by atoms with Crippen LogP contribution in [0.3, 0.4) is 0 Å². The maximum absolute atomic E-state index is 12.5. The lowest BCUT2D eigenvalue weighted by molar-refractivity contribution is 0.0919. The van der Waals surface area contributed by atoms with E-state index in [1.807, 2.05) is 46.0 Å². The van der Waals surface area contributed by atoms with E-state index in [1.54, 1.807) is 6.33 Å². The molecule has 1 heterocycles. The van der Waals surface area contributed by atoms with Crippen LogP contribution in [0.15, 0.2) is 30.7 Å². The number of carbonyl (C=O) groups is 1. The molecule has 0 aliphatic rings. The molecule has 0 radical (unpaired) electrons. The van der Waals surface area contributed by atoms with Crippen molar-refractivity contribution < 1.29 is 4.79 Å². The van der Waals surface area contributed by atoms with E-state index < -0.39 is 0 Å². The van der Waals surface area contributed by atoms with Gasteiger partial charge in [0.25, 0.3) is 5.91 Å². The van der Waals surface area contributed by atoms with Crippen LogP contribution in [-0.4, -0.2) is 21.4 Å². The average molecular weight is 311 g/mol. The van der Waals surface area contributed by atoms with Gasteiger partial charge in [-0.25, -0.2) is 9.97 Å². The van der Waals surface area contributed by atoms with E-state index in [4.69, 9.17) is 0 Å². The molecule has 1 amide bonds. The first-order chi connectivity index (χ1) is 10.7. The zero-order chi connectivity index (χ0) is 17.2. The Balaban J connectivity index is 2.48. The van der Waals surface area contributed by atoms with E-state index in [0.29, 0.717) is 11.5 Å². The number of hydrogen-bond acceptors (Lipinski definition) is 3. The molecular formula is C19H25N3O. The van der Waals surface area contributed by atoms with E-state index in [2.05, 4.69) is 35.2 Å². The van der Waals surface area contributed by atoms with Crippen LogP contribution in [-0.2, 0) is 0 Å². The largest absolute Gasteiger partial charge is 0.347 e. The summed E-state index contributed by atoms with van der Waals surface area (Å²) in [4.78, 5) is 21.0. The lowest BCUT2D eigenvalue weighted by Gasteiger charge is -2.21. The molecule has 1 aromatic heterocycles. The highest BCUT2D eigenvalue weighted by atomic mass is 16.1. The van der Waals surface area contributed by atoms with Gasteiger partial charge in [-0.2, -0.15) is 0 Å². The lowest BCUT2D eigenvalue weighted by atomic mass is 9.95. The van der Waals surface area contributed by atoms with E-state index in [1.165, 1.54) is 0 Å². The van der Waals surface area contributed by atoms with Crippen molar-refractivity contribution in [2.24, 2.45) is 0 Å². The molecule has 0 unspecified atom stereocenters. The first kappa shape index (κ1) is 17.1. The predicted octanol–water partition coefficient (Wildman–Crippen LogP) is 4.10. The van der Waals surface area contributed by atoms with Gasteiger partial charge in [0.2, 0.25) is 0 Å². The molecule has 0 aliphatic heterocycles. The van der Waals surface area contributed by atoms with Crippen LogP contribution in [0.4, 0.5) is 0 Å². The first-order valence-electron chi connectivity index (χ1n) is 7.92. The molecule has 1 aromatic carbocycles. The Hall–Kier alpha value is -2.23. The van der Waals surface area contributed by atoms with Gasteiger partial charge >= 0.3 is 0 Å². The van der Waals surface area contributed by atoms with Crippen molar-refractivity contribution in [3.8, 4) is 11.1 Å². The van der Waals surface area contributed by atoms with Crippen molar-refractivity contribution in [1.29, 1.82) is 0 Å². The summed E-state index contributed by atoms with van der Waals surface area (Å²) in [6.45, 7) is 12.1. The lowest BCUT2D eigenvalue weighted by Crippen LogP contribution is -2.40. The van der Waals surface area contributed by atoms with Gasteiger partial charge < -0.3 is 5.32 Å². The summed E-state index contributed by atoms with van der Waals surface area (Å²) >= 11 is 0. The summed E-state index contributed by atoms with van der Waals surface area (Å²) in [5.74, 6) is 0.228. The zero-order valence-electron chi connectivity index (χ0n) is 14.8. The molecule has 0 fully saturated rings. The number of hydrogen-bond donors (Lipinski definition) is 1. The maximum Gasteiger partial charge on any atom is 0.251 e. The predicted molar refractivity (Wildman–Crippen MR) is 93.5 cm³/mol. The van der Waals surface area contributed by atoms with Crippen LogP contribution in [0.25, 0.3) is 11.1 Å². The van der Waals surface area contributed by atoms with E-state index in [-0.39, 0.29) is 11.4 Å². The Morgan fingerprint density at radius 2 is 1.87 bits per heavy atom. The van der Waals surface area contributed by atoms with E-state index in [0.717, 1.165) is 22.4 Å². The number of rotatable bonds is 3. The molecule has 2 aromatic rings. The first-order valence-corrected chi connectivity index (χ1v) is 7.92. The van der Waals surface area contributed by atoms with Crippen LogP contribution < -0.4 is 5.32 Å². The SMILES string of the molecule is Cc1cc(C(=O)NC(C)(C)C)cc(-c2cncnc2C(C)C)c1. The molecule has 0 saturated carbocycles. The van der Waals surface area contributed by atoms with Gasteiger partial charge in [-0.05, 0) is 56.9 Å². The molecule has 2 rings (SSSR count). The Kier molecular flexibility index (Phi) is 4.83. The van der Waals surface area contributed by atoms with Gasteiger partial charge in [0, 0.05) is 22.9 Å². The number of aryl methyl sites for hydroxylation is 1. The van der Waals surface area contributed by atoms with Crippen molar-refractivity contribution in [2.45, 2.75) is 53.0 Å². The zero-order valence-corrected chi connectivity index (χ0v) is 14.8. The molecule has 122 valence electrons. The molecule has 4 heteroatoms. The summed E-state index contributed by atoms with van der Waals surface area (Å²) < 4.78 is 0. The molecule has 0 aliphatic carbocycles. The normalized spacial score (nSPS) is 11.6. The van der Waals surface area contributed by atoms with Crippen LogP contribution in [0, 0.1) is 6.92 Å². The minimum absolute atomic E-state index is 0.0644. The van der Waals surface area contributed by atoms with Gasteiger partial charge in [0.1, 0.15) is 6.33 Å². The van der Waals surface area contributed by atoms with E-state index in [9.17, 15) is 4.79 Å². The molecule has 23 heavy (non-hydrogen) atoms. The summed E-state index contributed by atoms with van der Waals surface area (Å²) in [5, 5.41) is 3.01. The molecule has 4 nitrogen and oxygen atoms in total. The van der Waals surface area contributed by atoms with Crippen molar-refractivity contribution in [2.75, 3.05) is 0 Å². The third-order valence-electron chi connectivity index (χ3n) is 3.43. The van der Waals surface area contributed by atoms with Crippen LogP contribution in [0.2, 0.25) is 0 Å². The molecule has 0 spiro atoms. The minimum atomic E-state index is -0.264. The van der Waals surface area contributed by atoms with Gasteiger partial charge in [-0.3, -0.25) is 4.79 Å². The summed E-state index contributed by atoms with van der Waals surface area (Å²) in [6, 6.07) is 5.89. The maximum atomic E-state index is 12.5. The Labute approximate surface area is 138 Å². The highest BCUT2D eigenvalue weighted by Gasteiger charge is 2.17. The summed E-state index contributed by atoms with van der Waals surface area (Å²) in [7, 11) is 0. The number of amides is 1. The third-order valence-corrected chi connectivity index (χ3v) is 3.43. The average Bonchev–Trinajstić information content (AvgIpc) is 2.44. The smallest absolute Gasteiger partial charge is 0.251 e. The van der Waals surface area contributed by atoms with Gasteiger partial charge in [0.05, 0.1) is 5.69 Å². The van der Waals surface area contributed by atoms with Gasteiger partial charge in [-0.15, -0.1) is 0 Å². The topological polar surface area (TPSA) is 54.9 Å². The second-order valence-corrected chi connectivity index (χ2v) is 7.27. The minimum Gasteiger partial charge on any atom is -0.347 e. The van der Waals surface area contributed by atoms with E-state index >= 15 is 0 Å². The van der Waals surface area contributed by atoms with Crippen LogP contribution >= 0.6 is 0 Å². The molecule has 1 N–H and O–H groups in total. The third kappa shape index (κ3) is 4.38. The molecule has 0 saturated heterocycles. The Morgan fingerprint density at radius 3 is 2.48 bits per heavy atom. The fourth-order valence-corrected chi connectivity index (χ4v) is 2.50. The van der Waals surface area contributed by atoms with Crippen LogP contribution in [0.1, 0.15) is 62.2 Å². The Bertz CT molecular complexity index is 715. The molecular weight excluding hydrogens is 286 g/mol. The number of carbonyl (C=O) groups excluding carboxylic acids is 1. The fourth-order valence-electron chi connectivity index (χ4n) is 2.50. The Morgan fingerprint density at radius 1 is 1.17 bits per heavy atom. The second-order valence-electron chi connectivity index (χ2n) is 7.27. The van der Waals surface area contributed by atoms with Gasteiger partial charge in [0.15, 0.2) is 0 Å². The molecule has 0 bridgehead atoms. The fraction of sp³-hybridized carbons (Fsp3) is 0.421. The second kappa shape index (κ2) is 6.49. The van der Waals surface area contributed by atoms with Crippen molar-refractivity contribution in [3.05, 3.63) is 47.5 Å². The number of nitrogens with one attached hydrogen (secondary N) is 1. The number of benzene rings is 1. The quantitative estimate of drug-likeness (QED) is 0.928. The highest BCUT2D eigenvalue weighted by Crippen LogP contribution is 2.28. The van der Waals surface area contributed by atoms with Crippen LogP contribution in [0.5, 0.6) is 0 Å². The van der Waals surface area contributed by atoms with Crippen molar-refractivity contribution in [1.82, 2.24) is 15.3 Å².